The fraction of sp³-hybridized carbons (Fsp3) is 0.833. The molecule has 0 radical (unpaired) electrons. The molecule has 172 valence electrons. The van der Waals surface area contributed by atoms with E-state index in [1.54, 1.807) is 6.92 Å². The molecule has 0 aromatic heterocycles. The first-order valence-electron chi connectivity index (χ1n) is 10.3. The summed E-state index contributed by atoms with van der Waals surface area (Å²) in [4.78, 5) is 11.7. The molecule has 0 saturated carbocycles. The molecule has 0 unspecified atom stereocenters. The molecule has 0 aliphatic carbocycles. The molecule has 0 aromatic carbocycles. The first-order chi connectivity index (χ1) is 12.7. The van der Waals surface area contributed by atoms with Gasteiger partial charge in [-0.05, 0) is 85.4 Å². The first kappa shape index (κ1) is 29.1. The quantitative estimate of drug-likeness (QED) is 0.141. The van der Waals surface area contributed by atoms with E-state index in [0.29, 0.717) is 24.6 Å². The van der Waals surface area contributed by atoms with E-state index in [4.69, 9.17) is 21.2 Å². The zero-order chi connectivity index (χ0) is 23.3. The molecule has 0 aromatic rings. The Kier molecular flexibility index (Phi) is 10.7. The minimum absolute atomic E-state index is 0.296. The third-order valence-electron chi connectivity index (χ3n) is 3.09. The highest BCUT2D eigenvalue weighted by Gasteiger charge is 2.52. The van der Waals surface area contributed by atoms with Gasteiger partial charge in [0.1, 0.15) is 0 Å². The van der Waals surface area contributed by atoms with Crippen LogP contribution < -0.4 is 0 Å². The van der Waals surface area contributed by atoms with Gasteiger partial charge in [0.25, 0.3) is 0 Å². The van der Waals surface area contributed by atoms with Crippen LogP contribution in [0.5, 0.6) is 0 Å². The molecule has 0 fully saturated rings. The van der Waals surface area contributed by atoms with Crippen LogP contribution in [0, 0.1) is 0 Å². The van der Waals surface area contributed by atoms with Gasteiger partial charge in [0.05, 0.1) is 6.61 Å². The molecule has 0 saturated heterocycles. The van der Waals surface area contributed by atoms with E-state index in [2.05, 4.69) is 78.6 Å². The van der Waals surface area contributed by atoms with Gasteiger partial charge < -0.3 is 21.2 Å². The van der Waals surface area contributed by atoms with Crippen LogP contribution in [0.25, 0.3) is 0 Å². The van der Waals surface area contributed by atoms with E-state index in [0.717, 1.165) is 0 Å². The predicted molar refractivity (Wildman–Crippen MR) is 133 cm³/mol. The summed E-state index contributed by atoms with van der Waals surface area (Å²) in [5.74, 6) is -0.368. The highest BCUT2D eigenvalue weighted by Crippen LogP contribution is 2.31. The molecule has 29 heavy (non-hydrogen) atoms. The fourth-order valence-corrected chi connectivity index (χ4v) is 23.2. The van der Waals surface area contributed by atoms with E-state index >= 15 is 0 Å². The van der Waals surface area contributed by atoms with Crippen molar-refractivity contribution < 1.29 is 26.0 Å². The summed E-state index contributed by atoms with van der Waals surface area (Å²) in [5.41, 5.74) is 0.401. The average molecular weight is 497 g/mol. The van der Waals surface area contributed by atoms with Crippen LogP contribution in [0.1, 0.15) is 13.3 Å². The highest BCUT2D eigenvalue weighted by molar-refractivity contribution is 6.91. The molecule has 0 N–H and O–H groups in total. The third-order valence-corrected chi connectivity index (χ3v) is 19.1. The molecule has 0 amide bonds. The summed E-state index contributed by atoms with van der Waals surface area (Å²) >= 11 is 0. The lowest BCUT2D eigenvalue weighted by atomic mass is 10.4. The fourth-order valence-electron chi connectivity index (χ4n) is 2.86. The summed E-state index contributed by atoms with van der Waals surface area (Å²) in [5, 5.41) is 0. The topological polar surface area (TPSA) is 63.2 Å². The molecule has 0 atom stereocenters. The number of ether oxygens (including phenoxy) is 1. The van der Waals surface area contributed by atoms with Crippen LogP contribution in [0.2, 0.25) is 78.1 Å². The van der Waals surface area contributed by atoms with Crippen LogP contribution in [-0.2, 0) is 26.0 Å². The lowest BCUT2D eigenvalue weighted by molar-refractivity contribution is -0.139. The summed E-state index contributed by atoms with van der Waals surface area (Å²) in [6.45, 7) is 29.2. The van der Waals surface area contributed by atoms with Gasteiger partial charge in [0.15, 0.2) is 25.0 Å². The summed E-state index contributed by atoms with van der Waals surface area (Å²) in [6.07, 6.45) is 0.623. The van der Waals surface area contributed by atoms with Crippen molar-refractivity contribution in [2.24, 2.45) is 0 Å². The minimum Gasteiger partial charge on any atom is -0.462 e. The van der Waals surface area contributed by atoms with Crippen molar-refractivity contribution in [3.63, 3.8) is 0 Å². The normalized spacial score (nSPS) is 14.1. The maximum absolute atomic E-state index is 11.7. The van der Waals surface area contributed by atoms with Crippen molar-refractivity contribution in [1.82, 2.24) is 0 Å². The number of hydrogen-bond acceptors (Lipinski definition) is 6. The Morgan fingerprint density at radius 1 is 0.724 bits per heavy atom. The Morgan fingerprint density at radius 3 is 1.48 bits per heavy atom. The van der Waals surface area contributed by atoms with Crippen molar-refractivity contribution in [3.05, 3.63) is 12.2 Å². The Balaban J connectivity index is 5.69. The minimum atomic E-state index is -3.03. The first-order valence-corrected chi connectivity index (χ1v) is 25.3. The van der Waals surface area contributed by atoms with E-state index < -0.39 is 42.3 Å². The van der Waals surface area contributed by atoms with Crippen LogP contribution in [0.3, 0.4) is 0 Å². The molecule has 0 aliphatic rings. The van der Waals surface area contributed by atoms with Gasteiger partial charge in [0, 0.05) is 11.6 Å². The molecule has 0 bridgehead atoms. The van der Waals surface area contributed by atoms with E-state index in [1.807, 2.05) is 0 Å². The Hall–Kier alpha value is 0.134. The SMILES string of the molecule is C=C(C)C(=O)OCCC[Si](O[Si](C)(C)C)(O[Si](C)(C)C)O[Si](C)(C)O[Si](C)(C)C. The largest absolute Gasteiger partial charge is 0.471 e. The van der Waals surface area contributed by atoms with Gasteiger partial charge in [-0.2, -0.15) is 0 Å². The van der Waals surface area contributed by atoms with Crippen molar-refractivity contribution in [1.29, 1.82) is 0 Å². The molecule has 0 heterocycles. The second-order valence-corrected chi connectivity index (χ2v) is 31.5. The van der Waals surface area contributed by atoms with Crippen LogP contribution in [0.15, 0.2) is 12.2 Å². The second-order valence-electron chi connectivity index (χ2n) is 10.8. The van der Waals surface area contributed by atoms with Gasteiger partial charge in [0.2, 0.25) is 0 Å². The zero-order valence-electron chi connectivity index (χ0n) is 20.8. The van der Waals surface area contributed by atoms with E-state index in [1.165, 1.54) is 0 Å². The molecular weight excluding hydrogens is 453 g/mol. The number of hydrogen-bond donors (Lipinski definition) is 0. The number of rotatable bonds is 13. The molecule has 0 spiro atoms. The third kappa shape index (κ3) is 14.7. The monoisotopic (exact) mass is 496 g/mol. The molecular formula is C18H44O6Si5. The lowest BCUT2D eigenvalue weighted by Crippen LogP contribution is -2.62. The van der Waals surface area contributed by atoms with Crippen molar-refractivity contribution in [2.75, 3.05) is 6.61 Å². The zero-order valence-corrected chi connectivity index (χ0v) is 25.8. The molecule has 11 heteroatoms. The maximum atomic E-state index is 11.7. The van der Waals surface area contributed by atoms with Gasteiger partial charge in [-0.1, -0.05) is 6.58 Å². The summed E-state index contributed by atoms with van der Waals surface area (Å²) in [6, 6.07) is 0.608. The summed E-state index contributed by atoms with van der Waals surface area (Å²) < 4.78 is 31.9. The van der Waals surface area contributed by atoms with Gasteiger partial charge in [-0.15, -0.1) is 0 Å². The Bertz CT molecular complexity index is 545. The smallest absolute Gasteiger partial charge is 0.462 e. The van der Waals surface area contributed by atoms with Crippen LogP contribution in [-0.4, -0.2) is 54.9 Å². The molecule has 6 nitrogen and oxygen atoms in total. The molecule has 0 rings (SSSR count). The second kappa shape index (κ2) is 10.6. The van der Waals surface area contributed by atoms with Gasteiger partial charge in [-0.3, -0.25) is 0 Å². The van der Waals surface area contributed by atoms with Crippen molar-refractivity contribution in [2.45, 2.75) is 91.4 Å². The Morgan fingerprint density at radius 2 is 1.14 bits per heavy atom. The van der Waals surface area contributed by atoms with Crippen molar-refractivity contribution in [3.8, 4) is 0 Å². The van der Waals surface area contributed by atoms with E-state index in [-0.39, 0.29) is 5.97 Å². The maximum Gasteiger partial charge on any atom is 0.471 e. The predicted octanol–water partition coefficient (Wildman–Crippen LogP) is 5.71. The van der Waals surface area contributed by atoms with E-state index in [9.17, 15) is 4.79 Å². The number of carbonyl (C=O) groups excluding carboxylic acids is 1. The number of esters is 1. The standard InChI is InChI=1S/C18H44O6Si5/c1-17(2)18(19)20-15-14-16-29(22-26(6,7)8,23-27(9,10)11)24-28(12,13)21-25(3,4)5/h1,14-16H2,2-13H3. The number of carbonyl (C=O) groups is 1. The van der Waals surface area contributed by atoms with Gasteiger partial charge in [-0.25, -0.2) is 4.79 Å². The summed E-state index contributed by atoms with van der Waals surface area (Å²) in [7, 11) is -11.2. The van der Waals surface area contributed by atoms with Crippen molar-refractivity contribution >= 4 is 48.3 Å². The van der Waals surface area contributed by atoms with Crippen LogP contribution in [0.4, 0.5) is 0 Å². The molecule has 0 aliphatic heterocycles. The Labute approximate surface area is 184 Å². The average Bonchev–Trinajstić information content (AvgIpc) is 2.35. The lowest BCUT2D eigenvalue weighted by Gasteiger charge is -2.44. The van der Waals surface area contributed by atoms with Gasteiger partial charge >= 0.3 is 23.3 Å². The van der Waals surface area contributed by atoms with Crippen LogP contribution >= 0.6 is 0 Å². The highest BCUT2D eigenvalue weighted by atomic mass is 28.5.